The fraction of sp³-hybridized carbons (Fsp3) is 0.943. The van der Waals surface area contributed by atoms with Gasteiger partial charge in [-0.3, -0.25) is 0 Å². The highest BCUT2D eigenvalue weighted by atomic mass is 16.8. The summed E-state index contributed by atoms with van der Waals surface area (Å²) < 4.78 is 48.7. The highest BCUT2D eigenvalue weighted by molar-refractivity contribution is 5.62. The second kappa shape index (κ2) is 22.8. The number of carbonyl (C=O) groups is 1. The van der Waals surface area contributed by atoms with Crippen LogP contribution in [-0.2, 0) is 42.7 Å². The van der Waals surface area contributed by atoms with Gasteiger partial charge < -0.3 is 109 Å². The summed E-state index contributed by atoms with van der Waals surface area (Å²) in [6, 6.07) is 0. The van der Waals surface area contributed by atoms with Gasteiger partial charge in [0, 0.05) is 5.41 Å². The smallest absolute Gasteiger partial charge is 0.187 e. The number of aldehydes is 1. The van der Waals surface area contributed by atoms with Crippen LogP contribution in [0.3, 0.4) is 0 Å². The molecule has 0 unspecified atom stereocenters. The molecule has 0 bridgehead atoms. The molecular formula is C53H88O22. The molecule has 432 valence electrons. The zero-order valence-corrected chi connectivity index (χ0v) is 44.4. The molecule has 8 aliphatic rings. The fourth-order valence-electron chi connectivity index (χ4n) is 15.8. The number of rotatable bonds is 16. The maximum absolute atomic E-state index is 14.1. The first kappa shape index (κ1) is 59.7. The molecule has 0 aromatic rings. The van der Waals surface area contributed by atoms with E-state index in [4.69, 9.17) is 37.9 Å². The van der Waals surface area contributed by atoms with Crippen LogP contribution < -0.4 is 0 Å². The Labute approximate surface area is 438 Å². The van der Waals surface area contributed by atoms with Crippen molar-refractivity contribution in [2.24, 2.45) is 45.3 Å². The summed E-state index contributed by atoms with van der Waals surface area (Å²) in [7, 11) is 0. The van der Waals surface area contributed by atoms with E-state index in [0.29, 0.717) is 32.1 Å². The van der Waals surface area contributed by atoms with Crippen LogP contribution in [0.1, 0.15) is 113 Å². The second-order valence-corrected chi connectivity index (χ2v) is 24.9. The summed E-state index contributed by atoms with van der Waals surface area (Å²) in [6.45, 7) is 12.7. The van der Waals surface area contributed by atoms with Crippen molar-refractivity contribution in [2.75, 3.05) is 26.4 Å². The van der Waals surface area contributed by atoms with Crippen molar-refractivity contribution in [3.63, 3.8) is 0 Å². The van der Waals surface area contributed by atoms with Crippen LogP contribution in [0.2, 0.25) is 0 Å². The van der Waals surface area contributed by atoms with Crippen LogP contribution in [0.5, 0.6) is 0 Å². The van der Waals surface area contributed by atoms with Crippen molar-refractivity contribution in [3.8, 4) is 0 Å². The molecule has 13 N–H and O–H groups in total. The van der Waals surface area contributed by atoms with E-state index >= 15 is 0 Å². The van der Waals surface area contributed by atoms with Crippen molar-refractivity contribution in [3.05, 3.63) is 11.6 Å². The predicted molar refractivity (Wildman–Crippen MR) is 259 cm³/mol. The molecular weight excluding hydrogens is 989 g/mol. The second-order valence-electron chi connectivity index (χ2n) is 24.9. The number of hydrogen-bond donors (Lipinski definition) is 13. The van der Waals surface area contributed by atoms with Crippen LogP contribution in [0, 0.1) is 45.3 Å². The summed E-state index contributed by atoms with van der Waals surface area (Å²) in [5, 5.41) is 138. The van der Waals surface area contributed by atoms with Gasteiger partial charge in [-0.2, -0.15) is 0 Å². The minimum Gasteiger partial charge on any atom is -0.394 e. The molecule has 0 spiro atoms. The molecule has 0 radical (unpaired) electrons. The molecule has 4 saturated heterocycles. The van der Waals surface area contributed by atoms with Gasteiger partial charge in [0.1, 0.15) is 97.8 Å². The Morgan fingerprint density at radius 1 is 0.613 bits per heavy atom. The fourth-order valence-corrected chi connectivity index (χ4v) is 15.8. The Morgan fingerprint density at radius 2 is 1.20 bits per heavy atom. The van der Waals surface area contributed by atoms with Crippen LogP contribution in [0.25, 0.3) is 0 Å². The first-order chi connectivity index (χ1) is 35.2. The Balaban J connectivity index is 1.01. The first-order valence-electron chi connectivity index (χ1n) is 27.2. The predicted octanol–water partition coefficient (Wildman–Crippen LogP) is -1.36. The van der Waals surface area contributed by atoms with Crippen molar-refractivity contribution in [2.45, 2.75) is 241 Å². The number of ether oxygens (including phenoxy) is 8. The highest BCUT2D eigenvalue weighted by Gasteiger charge is 2.71. The lowest BCUT2D eigenvalue weighted by atomic mass is 9.35. The van der Waals surface area contributed by atoms with Crippen molar-refractivity contribution >= 4 is 6.29 Å². The monoisotopic (exact) mass is 1080 g/mol. The van der Waals surface area contributed by atoms with E-state index in [0.717, 1.165) is 37.7 Å². The molecule has 75 heavy (non-hydrogen) atoms. The van der Waals surface area contributed by atoms with Gasteiger partial charge in [0.15, 0.2) is 25.2 Å². The molecule has 8 fully saturated rings. The lowest BCUT2D eigenvalue weighted by molar-refractivity contribution is -0.378. The maximum atomic E-state index is 14.1. The van der Waals surface area contributed by atoms with Crippen LogP contribution >= 0.6 is 0 Å². The Morgan fingerprint density at radius 3 is 1.84 bits per heavy atom. The van der Waals surface area contributed by atoms with Gasteiger partial charge in [-0.15, -0.1) is 0 Å². The van der Waals surface area contributed by atoms with E-state index in [1.165, 1.54) is 6.29 Å². The van der Waals surface area contributed by atoms with Crippen LogP contribution in [-0.4, -0.2) is 228 Å². The van der Waals surface area contributed by atoms with Crippen molar-refractivity contribution in [1.29, 1.82) is 0 Å². The third-order valence-electron chi connectivity index (χ3n) is 20.3. The maximum Gasteiger partial charge on any atom is 0.187 e. The lowest BCUT2D eigenvalue weighted by Crippen LogP contribution is -2.67. The van der Waals surface area contributed by atoms with E-state index in [1.54, 1.807) is 0 Å². The van der Waals surface area contributed by atoms with E-state index in [1.807, 2.05) is 20.8 Å². The van der Waals surface area contributed by atoms with Gasteiger partial charge in [-0.1, -0.05) is 39.3 Å². The first-order valence-corrected chi connectivity index (χ1v) is 27.2. The minimum absolute atomic E-state index is 0.0276. The molecule has 4 aliphatic carbocycles. The van der Waals surface area contributed by atoms with E-state index < -0.39 is 159 Å². The largest absolute Gasteiger partial charge is 0.394 e. The minimum atomic E-state index is -1.83. The van der Waals surface area contributed by atoms with E-state index in [9.17, 15) is 71.2 Å². The molecule has 28 atom stereocenters. The topological polar surface area (TPSA) is 354 Å². The van der Waals surface area contributed by atoms with Crippen LogP contribution in [0.15, 0.2) is 11.6 Å². The normalized spacial score (nSPS) is 51.7. The average Bonchev–Trinajstić information content (AvgIpc) is 3.74. The quantitative estimate of drug-likeness (QED) is 0.0483. The number of allylic oxidation sites excluding steroid dienone is 2. The van der Waals surface area contributed by atoms with E-state index in [2.05, 4.69) is 33.8 Å². The third-order valence-corrected chi connectivity index (χ3v) is 20.3. The summed E-state index contributed by atoms with van der Waals surface area (Å²) in [4.78, 5) is 14.1. The molecule has 4 aliphatic heterocycles. The lowest BCUT2D eigenvalue weighted by Gasteiger charge is -2.69. The standard InChI is InChI=1S/C53H88O22/c1-24(2)9-8-15-52(7,75-47-43(67)39(63)37(61)30(72-47)22-69-45-41(65)34(58)27(57)21-68-45)26-12-16-50(5)25(26)10-11-32-51(50,6)17-13-31-49(3,4)33(14-18-53(31,32)23-56)73-48-44(40(64)36(60)29(20-55)71-48)74-46-42(66)38(62)35(59)28(19-54)70-46/h9,23,25-48,54-55,57-67H,8,10-22H2,1-7H3/t25-,26-,27+,28+,29+,30+,31-,32-,33-,34-,35+,36+,37+,38-,39-,40-,41+,42+,43+,44+,45-,46-,47-,48-,50+,51+,52-,53+/m0/s1. The molecule has 4 saturated carbocycles. The number of aliphatic hydroxyl groups is 13. The Hall–Kier alpha value is -1.43. The number of fused-ring (bicyclic) bond motifs is 5. The Kier molecular flexibility index (Phi) is 18.2. The van der Waals surface area contributed by atoms with Gasteiger partial charge in [-0.25, -0.2) is 0 Å². The van der Waals surface area contributed by atoms with Crippen molar-refractivity contribution < 1.29 is 109 Å². The van der Waals surface area contributed by atoms with Gasteiger partial charge in [0.2, 0.25) is 0 Å². The molecule has 8 rings (SSSR count). The summed E-state index contributed by atoms with van der Waals surface area (Å²) in [5.41, 5.74) is -1.88. The van der Waals surface area contributed by atoms with Gasteiger partial charge in [-0.05, 0) is 125 Å². The van der Waals surface area contributed by atoms with Gasteiger partial charge in [0.05, 0.1) is 38.1 Å². The zero-order valence-electron chi connectivity index (χ0n) is 44.4. The van der Waals surface area contributed by atoms with Crippen LogP contribution in [0.4, 0.5) is 0 Å². The zero-order chi connectivity index (χ0) is 54.9. The highest BCUT2D eigenvalue weighted by Crippen LogP contribution is 2.76. The van der Waals surface area contributed by atoms with Gasteiger partial charge in [0.25, 0.3) is 0 Å². The summed E-state index contributed by atoms with van der Waals surface area (Å²) in [6.07, 6.45) is -20.1. The number of carbonyl (C=O) groups excluding carboxylic acids is 1. The number of hydrogen-bond acceptors (Lipinski definition) is 22. The van der Waals surface area contributed by atoms with Crippen molar-refractivity contribution in [1.82, 2.24) is 0 Å². The molecule has 0 amide bonds. The average molecular weight is 1080 g/mol. The molecule has 22 nitrogen and oxygen atoms in total. The van der Waals surface area contributed by atoms with Gasteiger partial charge >= 0.3 is 0 Å². The summed E-state index contributed by atoms with van der Waals surface area (Å²) in [5.74, 6) is -0.161. The Bertz CT molecular complexity index is 1960. The number of aliphatic hydroxyl groups excluding tert-OH is 13. The molecule has 4 heterocycles. The SMILES string of the molecule is CC(C)=CCC[C@](C)(O[C@@H]1O[C@H](CO[C@@H]2OC[C@@H](O)[C@H](O)[C@H]2O)[C@@H](O)[C@H](O)[C@H]1O)[C@H]1CC[C@]2(C)[C@H]1CC[C@@H]1[C@@]3(C=O)CC[C@H](O[C@@H]4O[C@H](CO)[C@@H](O)[C@H](O)[C@H]4O[C@@H]4O[C@H](CO)[C@@H](O)[C@H](O)[C@H]4O)C(C)(C)[C@@H]3CC[C@]12C. The molecule has 22 heteroatoms. The third kappa shape index (κ3) is 10.5. The molecule has 0 aromatic heterocycles. The summed E-state index contributed by atoms with van der Waals surface area (Å²) >= 11 is 0. The van der Waals surface area contributed by atoms with E-state index in [-0.39, 0.29) is 41.1 Å². The molecule has 0 aromatic carbocycles.